The van der Waals surface area contributed by atoms with Crippen LogP contribution in [0.15, 0.2) is 66.7 Å². The van der Waals surface area contributed by atoms with Gasteiger partial charge in [-0.25, -0.2) is 0 Å². The van der Waals surface area contributed by atoms with Crippen LogP contribution in [0.1, 0.15) is 17.3 Å². The van der Waals surface area contributed by atoms with Gasteiger partial charge in [0.05, 0.1) is 0 Å². The molecule has 0 aliphatic carbocycles. The molecule has 3 rings (SSSR count). The molecule has 0 heterocycles. The van der Waals surface area contributed by atoms with Crippen LogP contribution < -0.4 is 15.6 Å². The number of hydrogen-bond acceptors (Lipinski definition) is 3. The number of amides is 2. The molecule has 0 saturated heterocycles. The molecule has 0 aliphatic heterocycles. The second-order valence-corrected chi connectivity index (χ2v) is 6.16. The molecule has 0 bridgehead atoms. The minimum absolute atomic E-state index is 0.348. The maximum absolute atomic E-state index is 12.1. The van der Waals surface area contributed by atoms with E-state index < -0.39 is 17.9 Å². The zero-order valence-corrected chi connectivity index (χ0v) is 14.8. The lowest BCUT2D eigenvalue weighted by Gasteiger charge is -2.15. The Kier molecular flexibility index (Phi) is 5.39. The second-order valence-electron chi connectivity index (χ2n) is 5.72. The van der Waals surface area contributed by atoms with Crippen molar-refractivity contribution in [2.24, 2.45) is 0 Å². The lowest BCUT2D eigenvalue weighted by Crippen LogP contribution is -2.47. The minimum Gasteiger partial charge on any atom is -0.481 e. The van der Waals surface area contributed by atoms with Gasteiger partial charge in [-0.3, -0.25) is 20.4 Å². The van der Waals surface area contributed by atoms with Crippen LogP contribution in [0.4, 0.5) is 0 Å². The average Bonchev–Trinajstić information content (AvgIpc) is 2.65. The van der Waals surface area contributed by atoms with E-state index in [2.05, 4.69) is 10.9 Å². The minimum atomic E-state index is -0.782. The molecule has 0 unspecified atom stereocenters. The Morgan fingerprint density at radius 1 is 0.923 bits per heavy atom. The number of ether oxygens (including phenoxy) is 1. The molecule has 3 aromatic carbocycles. The summed E-state index contributed by atoms with van der Waals surface area (Å²) < 4.78 is 5.66. The van der Waals surface area contributed by atoms with Gasteiger partial charge in [-0.15, -0.1) is 0 Å². The number of halogens is 1. The molecule has 2 amide bonds. The number of hydrogen-bond donors (Lipinski definition) is 2. The molecule has 0 fully saturated rings. The topological polar surface area (TPSA) is 67.4 Å². The monoisotopic (exact) mass is 368 g/mol. The van der Waals surface area contributed by atoms with Gasteiger partial charge in [0, 0.05) is 10.6 Å². The molecular weight excluding hydrogens is 352 g/mol. The van der Waals surface area contributed by atoms with Crippen molar-refractivity contribution in [3.8, 4) is 5.75 Å². The van der Waals surface area contributed by atoms with E-state index in [1.54, 1.807) is 31.2 Å². The predicted octanol–water partition coefficient (Wildman–Crippen LogP) is 3.72. The van der Waals surface area contributed by atoms with E-state index in [4.69, 9.17) is 16.3 Å². The molecule has 26 heavy (non-hydrogen) atoms. The van der Waals surface area contributed by atoms with E-state index in [9.17, 15) is 9.59 Å². The maximum Gasteiger partial charge on any atom is 0.279 e. The van der Waals surface area contributed by atoms with Crippen LogP contribution in [0.25, 0.3) is 10.8 Å². The summed E-state index contributed by atoms with van der Waals surface area (Å²) >= 11 is 5.85. The molecule has 0 radical (unpaired) electrons. The van der Waals surface area contributed by atoms with E-state index in [-0.39, 0.29) is 0 Å². The summed E-state index contributed by atoms with van der Waals surface area (Å²) in [6, 6.07) is 19.9. The summed E-state index contributed by atoms with van der Waals surface area (Å²) in [5.74, 6) is -0.347. The van der Waals surface area contributed by atoms with Crippen LogP contribution in [0, 0.1) is 0 Å². The zero-order valence-electron chi connectivity index (χ0n) is 14.0. The van der Waals surface area contributed by atoms with Crippen molar-refractivity contribution in [3.05, 3.63) is 77.3 Å². The van der Waals surface area contributed by atoms with Crippen LogP contribution in [-0.2, 0) is 4.79 Å². The van der Waals surface area contributed by atoms with Crippen LogP contribution in [0.2, 0.25) is 5.02 Å². The smallest absolute Gasteiger partial charge is 0.279 e. The van der Waals surface area contributed by atoms with Gasteiger partial charge in [0.1, 0.15) is 5.75 Å². The first-order chi connectivity index (χ1) is 12.5. The van der Waals surface area contributed by atoms with Gasteiger partial charge in [0.15, 0.2) is 6.10 Å². The highest BCUT2D eigenvalue weighted by Crippen LogP contribution is 2.21. The molecule has 132 valence electrons. The number of hydrazine groups is 1. The molecule has 0 aliphatic rings. The highest BCUT2D eigenvalue weighted by Gasteiger charge is 2.16. The van der Waals surface area contributed by atoms with Gasteiger partial charge in [0.25, 0.3) is 11.8 Å². The molecule has 1 atom stereocenters. The standard InChI is InChI=1S/C20H17ClN2O3/c1-13(26-18-10-9-14-5-2-3-6-15(14)12-18)19(24)22-23-20(25)16-7-4-8-17(21)11-16/h2-13H,1H3,(H,22,24)(H,23,25)/t13-/m0/s1. The fourth-order valence-corrected chi connectivity index (χ4v) is 2.61. The van der Waals surface area contributed by atoms with E-state index in [1.165, 1.54) is 6.07 Å². The summed E-state index contributed by atoms with van der Waals surface area (Å²) in [6.45, 7) is 1.61. The van der Waals surface area contributed by atoms with Gasteiger partial charge < -0.3 is 4.74 Å². The zero-order chi connectivity index (χ0) is 18.5. The lowest BCUT2D eigenvalue weighted by molar-refractivity contribution is -0.128. The summed E-state index contributed by atoms with van der Waals surface area (Å²) in [6.07, 6.45) is -0.782. The number of carbonyl (C=O) groups excluding carboxylic acids is 2. The van der Waals surface area contributed by atoms with Crippen LogP contribution in [0.3, 0.4) is 0 Å². The Morgan fingerprint density at radius 2 is 1.69 bits per heavy atom. The molecule has 0 spiro atoms. The number of carbonyl (C=O) groups is 2. The fourth-order valence-electron chi connectivity index (χ4n) is 2.42. The molecule has 2 N–H and O–H groups in total. The van der Waals surface area contributed by atoms with E-state index in [1.807, 2.05) is 36.4 Å². The Bertz CT molecular complexity index is 958. The van der Waals surface area contributed by atoms with Crippen molar-refractivity contribution in [1.82, 2.24) is 10.9 Å². The first kappa shape index (κ1) is 17.8. The average molecular weight is 369 g/mol. The Hall–Kier alpha value is -3.05. The third-order valence-corrected chi connectivity index (χ3v) is 4.02. The largest absolute Gasteiger partial charge is 0.481 e. The van der Waals surface area contributed by atoms with Crippen molar-refractivity contribution >= 4 is 34.2 Å². The lowest BCUT2D eigenvalue weighted by atomic mass is 10.1. The Balaban J connectivity index is 1.57. The van der Waals surface area contributed by atoms with Crippen LogP contribution in [-0.4, -0.2) is 17.9 Å². The van der Waals surface area contributed by atoms with Gasteiger partial charge >= 0.3 is 0 Å². The summed E-state index contributed by atoms with van der Waals surface area (Å²) in [7, 11) is 0. The second kappa shape index (κ2) is 7.89. The quantitative estimate of drug-likeness (QED) is 0.690. The molecule has 6 heteroatoms. The van der Waals surface area contributed by atoms with Gasteiger partial charge in [-0.1, -0.05) is 48.0 Å². The van der Waals surface area contributed by atoms with Crippen molar-refractivity contribution < 1.29 is 14.3 Å². The van der Waals surface area contributed by atoms with Gasteiger partial charge in [-0.2, -0.15) is 0 Å². The van der Waals surface area contributed by atoms with E-state index in [0.717, 1.165) is 10.8 Å². The normalized spacial score (nSPS) is 11.6. The summed E-state index contributed by atoms with van der Waals surface area (Å²) in [5.41, 5.74) is 5.04. The number of nitrogens with one attached hydrogen (secondary N) is 2. The van der Waals surface area contributed by atoms with Crippen molar-refractivity contribution in [1.29, 1.82) is 0 Å². The summed E-state index contributed by atoms with van der Waals surface area (Å²) in [4.78, 5) is 24.1. The third-order valence-electron chi connectivity index (χ3n) is 3.79. The number of fused-ring (bicyclic) bond motifs is 1. The van der Waals surface area contributed by atoms with Crippen LogP contribution in [0.5, 0.6) is 5.75 Å². The SMILES string of the molecule is C[C@H](Oc1ccc2ccccc2c1)C(=O)NNC(=O)c1cccc(Cl)c1. The van der Waals surface area contributed by atoms with E-state index in [0.29, 0.717) is 16.3 Å². The Morgan fingerprint density at radius 3 is 2.46 bits per heavy atom. The molecule has 0 saturated carbocycles. The molecule has 3 aromatic rings. The molecule has 0 aromatic heterocycles. The van der Waals surface area contributed by atoms with Gasteiger partial charge in [0.2, 0.25) is 0 Å². The van der Waals surface area contributed by atoms with Crippen molar-refractivity contribution in [2.75, 3.05) is 0 Å². The van der Waals surface area contributed by atoms with Crippen molar-refractivity contribution in [2.45, 2.75) is 13.0 Å². The predicted molar refractivity (Wildman–Crippen MR) is 101 cm³/mol. The van der Waals surface area contributed by atoms with Crippen molar-refractivity contribution in [3.63, 3.8) is 0 Å². The first-order valence-electron chi connectivity index (χ1n) is 8.04. The number of rotatable bonds is 4. The van der Waals surface area contributed by atoms with Gasteiger partial charge in [-0.05, 0) is 48.0 Å². The Labute approximate surface area is 155 Å². The molecular formula is C20H17ClN2O3. The summed E-state index contributed by atoms with van der Waals surface area (Å²) in [5, 5.41) is 2.55. The van der Waals surface area contributed by atoms with E-state index >= 15 is 0 Å². The fraction of sp³-hybridized carbons (Fsp3) is 0.100. The van der Waals surface area contributed by atoms with Crippen LogP contribution >= 0.6 is 11.6 Å². The maximum atomic E-state index is 12.1. The highest BCUT2D eigenvalue weighted by atomic mass is 35.5. The first-order valence-corrected chi connectivity index (χ1v) is 8.42. The number of benzene rings is 3. The third kappa shape index (κ3) is 4.32. The highest BCUT2D eigenvalue weighted by molar-refractivity contribution is 6.30. The molecule has 5 nitrogen and oxygen atoms in total.